The van der Waals surface area contributed by atoms with E-state index in [1.54, 1.807) is 19.2 Å². The fraction of sp³-hybridized carbons (Fsp3) is 0.462. The van der Waals surface area contributed by atoms with Gasteiger partial charge in [0.25, 0.3) is 0 Å². The van der Waals surface area contributed by atoms with Gasteiger partial charge >= 0.3 is 5.97 Å². The highest BCUT2D eigenvalue weighted by atomic mass is 35.5. The molecule has 0 fully saturated rings. The molecule has 0 aliphatic heterocycles. The molecule has 0 aliphatic rings. The van der Waals surface area contributed by atoms with Gasteiger partial charge in [-0.15, -0.1) is 0 Å². The van der Waals surface area contributed by atoms with Gasteiger partial charge in [0.1, 0.15) is 5.75 Å². The summed E-state index contributed by atoms with van der Waals surface area (Å²) in [5.41, 5.74) is 0.738. The lowest BCUT2D eigenvalue weighted by Crippen LogP contribution is -2.27. The molecule has 4 nitrogen and oxygen atoms in total. The summed E-state index contributed by atoms with van der Waals surface area (Å²) in [5.74, 6) is -0.621. The van der Waals surface area contributed by atoms with Gasteiger partial charge < -0.3 is 15.2 Å². The largest absolute Gasteiger partial charge is 0.479 e. The van der Waals surface area contributed by atoms with Crippen LogP contribution in [0.2, 0.25) is 10.0 Å². The molecule has 0 saturated carbocycles. The van der Waals surface area contributed by atoms with Crippen molar-refractivity contribution in [3.8, 4) is 5.75 Å². The lowest BCUT2D eigenvalue weighted by Gasteiger charge is -2.18. The molecular weight excluding hydrogens is 289 g/mol. The molecule has 1 unspecified atom stereocenters. The van der Waals surface area contributed by atoms with Crippen molar-refractivity contribution < 1.29 is 14.6 Å². The lowest BCUT2D eigenvalue weighted by atomic mass is 10.1. The van der Waals surface area contributed by atoms with Gasteiger partial charge in [-0.25, -0.2) is 4.79 Å². The Morgan fingerprint density at radius 3 is 2.68 bits per heavy atom. The number of rotatable bonds is 7. The minimum Gasteiger partial charge on any atom is -0.479 e. The van der Waals surface area contributed by atoms with Crippen molar-refractivity contribution in [2.45, 2.75) is 32.4 Å². The third-order valence-electron chi connectivity index (χ3n) is 2.54. The van der Waals surface area contributed by atoms with E-state index in [1.165, 1.54) is 0 Å². The number of hydrogen-bond donors (Lipinski definition) is 2. The van der Waals surface area contributed by atoms with E-state index in [-0.39, 0.29) is 0 Å². The Balaban J connectivity index is 3.06. The van der Waals surface area contributed by atoms with Crippen LogP contribution in [0.5, 0.6) is 5.75 Å². The van der Waals surface area contributed by atoms with Crippen molar-refractivity contribution in [1.29, 1.82) is 0 Å². The van der Waals surface area contributed by atoms with Crippen molar-refractivity contribution >= 4 is 29.2 Å². The molecule has 19 heavy (non-hydrogen) atoms. The molecule has 0 heterocycles. The third kappa shape index (κ3) is 4.56. The van der Waals surface area contributed by atoms with Gasteiger partial charge in [-0.3, -0.25) is 0 Å². The molecule has 1 rings (SSSR count). The summed E-state index contributed by atoms with van der Waals surface area (Å²) < 4.78 is 5.56. The van der Waals surface area contributed by atoms with Crippen molar-refractivity contribution in [1.82, 2.24) is 5.32 Å². The molecule has 0 radical (unpaired) electrons. The zero-order valence-corrected chi connectivity index (χ0v) is 12.4. The highest BCUT2D eigenvalue weighted by Gasteiger charge is 2.21. The predicted molar refractivity (Wildman–Crippen MR) is 76.2 cm³/mol. The molecule has 2 N–H and O–H groups in total. The van der Waals surface area contributed by atoms with Crippen LogP contribution in [0.25, 0.3) is 0 Å². The highest BCUT2D eigenvalue weighted by Crippen LogP contribution is 2.33. The van der Waals surface area contributed by atoms with E-state index in [0.717, 1.165) is 5.56 Å². The molecule has 0 saturated heterocycles. The van der Waals surface area contributed by atoms with Crippen LogP contribution in [0.15, 0.2) is 12.1 Å². The summed E-state index contributed by atoms with van der Waals surface area (Å²) in [5, 5.41) is 12.9. The molecule has 0 amide bonds. The van der Waals surface area contributed by atoms with Crippen LogP contribution in [-0.4, -0.2) is 24.2 Å². The van der Waals surface area contributed by atoms with Gasteiger partial charge in [0.2, 0.25) is 0 Å². The number of carbonyl (C=O) groups is 1. The molecule has 1 aromatic rings. The molecular formula is C13H17Cl2NO3. The number of halogens is 2. The van der Waals surface area contributed by atoms with Crippen LogP contribution >= 0.6 is 23.2 Å². The zero-order valence-electron chi connectivity index (χ0n) is 10.9. The number of ether oxygens (including phenoxy) is 1. The van der Waals surface area contributed by atoms with Crippen LogP contribution in [0, 0.1) is 0 Å². The summed E-state index contributed by atoms with van der Waals surface area (Å²) in [6.07, 6.45) is 0.232. The van der Waals surface area contributed by atoms with E-state index in [1.807, 2.05) is 6.92 Å². The van der Waals surface area contributed by atoms with E-state index in [4.69, 9.17) is 33.0 Å². The zero-order chi connectivity index (χ0) is 14.4. The smallest absolute Gasteiger partial charge is 0.344 e. The second kappa shape index (κ2) is 7.58. The van der Waals surface area contributed by atoms with E-state index < -0.39 is 12.1 Å². The SMILES string of the molecule is CCCC(Oc1c(Cl)cc(Cl)cc1CNC)C(=O)O. The first-order valence-corrected chi connectivity index (χ1v) is 6.77. The maximum atomic E-state index is 11.1. The predicted octanol–water partition coefficient (Wildman–Crippen LogP) is 3.34. The Labute approximate surface area is 122 Å². The molecule has 0 aliphatic carbocycles. The maximum Gasteiger partial charge on any atom is 0.344 e. The number of carboxylic acids is 1. The topological polar surface area (TPSA) is 58.6 Å². The normalized spacial score (nSPS) is 12.2. The standard InChI is InChI=1S/C13H17Cl2NO3/c1-3-4-11(13(17)18)19-12-8(7-16-2)5-9(14)6-10(12)15/h5-6,11,16H,3-4,7H2,1-2H3,(H,17,18). The Morgan fingerprint density at radius 1 is 1.47 bits per heavy atom. The van der Waals surface area contributed by atoms with E-state index in [9.17, 15) is 4.79 Å². The van der Waals surface area contributed by atoms with Crippen LogP contribution in [0.3, 0.4) is 0 Å². The summed E-state index contributed by atoms with van der Waals surface area (Å²) in [4.78, 5) is 11.1. The van der Waals surface area contributed by atoms with Crippen molar-refractivity contribution in [3.05, 3.63) is 27.7 Å². The van der Waals surface area contributed by atoms with Gasteiger partial charge in [-0.05, 0) is 25.6 Å². The van der Waals surface area contributed by atoms with Crippen LogP contribution < -0.4 is 10.1 Å². The van der Waals surface area contributed by atoms with Gasteiger partial charge in [-0.1, -0.05) is 36.5 Å². The van der Waals surface area contributed by atoms with E-state index >= 15 is 0 Å². The molecule has 106 valence electrons. The number of aliphatic carboxylic acids is 1. The average molecular weight is 306 g/mol. The van der Waals surface area contributed by atoms with Crippen LogP contribution in [0.4, 0.5) is 0 Å². The quantitative estimate of drug-likeness (QED) is 0.811. The summed E-state index contributed by atoms with van der Waals surface area (Å²) in [6, 6.07) is 3.26. The minimum absolute atomic E-state index is 0.320. The van der Waals surface area contributed by atoms with Crippen molar-refractivity contribution in [3.63, 3.8) is 0 Å². The van der Waals surface area contributed by atoms with E-state index in [0.29, 0.717) is 35.2 Å². The van der Waals surface area contributed by atoms with Gasteiger partial charge in [0.05, 0.1) is 5.02 Å². The second-order valence-corrected chi connectivity index (χ2v) is 4.98. The van der Waals surface area contributed by atoms with Gasteiger partial charge in [-0.2, -0.15) is 0 Å². The third-order valence-corrected chi connectivity index (χ3v) is 3.04. The number of carboxylic acid groups (broad SMARTS) is 1. The molecule has 0 aromatic heterocycles. The van der Waals surface area contributed by atoms with E-state index in [2.05, 4.69) is 5.32 Å². The Bertz CT molecular complexity index is 452. The van der Waals surface area contributed by atoms with Crippen LogP contribution in [0.1, 0.15) is 25.3 Å². The first kappa shape index (κ1) is 16.1. The summed E-state index contributed by atoms with van der Waals surface area (Å²) >= 11 is 12.0. The summed E-state index contributed by atoms with van der Waals surface area (Å²) in [6.45, 7) is 2.39. The maximum absolute atomic E-state index is 11.1. The Hall–Kier alpha value is -0.970. The molecule has 6 heteroatoms. The fourth-order valence-corrected chi connectivity index (χ4v) is 2.28. The fourth-order valence-electron chi connectivity index (χ4n) is 1.70. The molecule has 1 aromatic carbocycles. The summed E-state index contributed by atoms with van der Waals surface area (Å²) in [7, 11) is 1.78. The highest BCUT2D eigenvalue weighted by molar-refractivity contribution is 6.35. The molecule has 1 atom stereocenters. The number of hydrogen-bond acceptors (Lipinski definition) is 3. The van der Waals surface area contributed by atoms with Crippen molar-refractivity contribution in [2.24, 2.45) is 0 Å². The molecule has 0 bridgehead atoms. The first-order chi connectivity index (χ1) is 8.99. The number of benzene rings is 1. The average Bonchev–Trinajstić information content (AvgIpc) is 2.32. The van der Waals surface area contributed by atoms with Crippen LogP contribution in [-0.2, 0) is 11.3 Å². The minimum atomic E-state index is -0.997. The lowest BCUT2D eigenvalue weighted by molar-refractivity contribution is -0.145. The Kier molecular flexibility index (Phi) is 6.42. The van der Waals surface area contributed by atoms with Crippen molar-refractivity contribution in [2.75, 3.05) is 7.05 Å². The monoisotopic (exact) mass is 305 g/mol. The van der Waals surface area contributed by atoms with Gasteiger partial charge in [0.15, 0.2) is 6.10 Å². The van der Waals surface area contributed by atoms with Gasteiger partial charge in [0, 0.05) is 17.1 Å². The first-order valence-electron chi connectivity index (χ1n) is 6.01. The Morgan fingerprint density at radius 2 is 2.16 bits per heavy atom. The molecule has 0 spiro atoms. The second-order valence-electron chi connectivity index (χ2n) is 4.14. The number of nitrogens with one attached hydrogen (secondary N) is 1.